The molecule has 0 amide bonds. The van der Waals surface area contributed by atoms with Gasteiger partial charge >= 0.3 is 23.9 Å². The number of carbonyl (C=O) groups excluding carboxylic acids is 4. The molecule has 0 spiro atoms. The number of phenols is 4. The topological polar surface area (TPSA) is 168 Å². The Morgan fingerprint density at radius 3 is 0.875 bits per heavy atom. The Morgan fingerprint density at radius 2 is 0.667 bits per heavy atom. The van der Waals surface area contributed by atoms with Crippen LogP contribution in [0.25, 0.3) is 10.8 Å². The molecule has 0 unspecified atom stereocenters. The van der Waals surface area contributed by atoms with Gasteiger partial charge < -0.3 is 29.9 Å². The second kappa shape index (κ2) is 3.93. The Labute approximate surface area is 130 Å². The summed E-state index contributed by atoms with van der Waals surface area (Å²) in [5, 5.41) is 38.9. The van der Waals surface area contributed by atoms with E-state index in [-0.39, 0.29) is 0 Å². The van der Waals surface area contributed by atoms with E-state index in [1.807, 2.05) is 0 Å². The molecule has 120 valence electrons. The third-order valence-corrected chi connectivity index (χ3v) is 3.83. The van der Waals surface area contributed by atoms with Crippen LogP contribution in [0, 0.1) is 0 Å². The maximum absolute atomic E-state index is 11.9. The van der Waals surface area contributed by atoms with Crippen LogP contribution in [0.1, 0.15) is 41.4 Å². The van der Waals surface area contributed by atoms with Crippen LogP contribution in [-0.4, -0.2) is 44.3 Å². The number of hydrogen-bond donors (Lipinski definition) is 4. The molecule has 0 radical (unpaired) electrons. The van der Waals surface area contributed by atoms with Gasteiger partial charge in [-0.05, 0) is 0 Å². The lowest BCUT2D eigenvalue weighted by atomic mass is 9.87. The quantitative estimate of drug-likeness (QED) is 0.299. The maximum atomic E-state index is 11.9. The molecule has 2 aromatic rings. The van der Waals surface area contributed by atoms with Crippen LogP contribution in [0.5, 0.6) is 23.0 Å². The summed E-state index contributed by atoms with van der Waals surface area (Å²) in [5.41, 5.74) is -2.94. The van der Waals surface area contributed by atoms with Crippen molar-refractivity contribution in [3.05, 3.63) is 22.3 Å². The van der Waals surface area contributed by atoms with Crippen LogP contribution in [0.4, 0.5) is 0 Å². The molecule has 4 N–H and O–H groups in total. The van der Waals surface area contributed by atoms with Gasteiger partial charge in [0.15, 0.2) is 23.0 Å². The van der Waals surface area contributed by atoms with Crippen molar-refractivity contribution in [2.24, 2.45) is 0 Å². The molecule has 10 nitrogen and oxygen atoms in total. The average Bonchev–Trinajstić information content (AvgIpc) is 2.49. The number of esters is 4. The zero-order valence-electron chi connectivity index (χ0n) is 11.2. The van der Waals surface area contributed by atoms with Crippen LogP contribution in [-0.2, 0) is 9.47 Å². The molecule has 0 aliphatic carbocycles. The molecule has 0 atom stereocenters. The first-order valence-corrected chi connectivity index (χ1v) is 6.28. The summed E-state index contributed by atoms with van der Waals surface area (Å²) in [4.78, 5) is 47.5. The molecule has 0 aromatic heterocycles. The fourth-order valence-electron chi connectivity index (χ4n) is 2.86. The van der Waals surface area contributed by atoms with E-state index in [0.717, 1.165) is 0 Å². The van der Waals surface area contributed by atoms with E-state index >= 15 is 0 Å². The standard InChI is InChI=1S/C14H4O10/c15-7-3-1-2-5(9(7)17)13(21)24-14(22)6(2)10(18)8(16)4(1)12(20)23-11(3)19/h15-18H. The summed E-state index contributed by atoms with van der Waals surface area (Å²) >= 11 is 0. The first-order valence-electron chi connectivity index (χ1n) is 6.28. The van der Waals surface area contributed by atoms with Gasteiger partial charge in [-0.25, -0.2) is 19.2 Å². The number of benzene rings is 2. The predicted octanol–water partition coefficient (Wildman–Crippen LogP) is 0.283. The van der Waals surface area contributed by atoms with Crippen molar-refractivity contribution in [1.82, 2.24) is 0 Å². The fourth-order valence-corrected chi connectivity index (χ4v) is 2.86. The van der Waals surface area contributed by atoms with Crippen molar-refractivity contribution in [3.63, 3.8) is 0 Å². The van der Waals surface area contributed by atoms with Crippen LogP contribution in [0.3, 0.4) is 0 Å². The summed E-state index contributed by atoms with van der Waals surface area (Å²) in [6.07, 6.45) is 0. The number of cyclic esters (lactones) is 4. The minimum absolute atomic E-state index is 0.503. The van der Waals surface area contributed by atoms with Crippen molar-refractivity contribution in [2.45, 2.75) is 0 Å². The van der Waals surface area contributed by atoms with E-state index in [9.17, 15) is 39.6 Å². The maximum Gasteiger partial charge on any atom is 0.350 e. The summed E-state index contributed by atoms with van der Waals surface area (Å²) in [6, 6.07) is 0. The molecule has 2 aliphatic rings. The molecule has 24 heavy (non-hydrogen) atoms. The fraction of sp³-hybridized carbons (Fsp3) is 0. The second-order valence-corrected chi connectivity index (χ2v) is 5.00. The highest BCUT2D eigenvalue weighted by Crippen LogP contribution is 2.52. The molecule has 0 saturated heterocycles. The van der Waals surface area contributed by atoms with Gasteiger partial charge in [0, 0.05) is 10.8 Å². The summed E-state index contributed by atoms with van der Waals surface area (Å²) < 4.78 is 8.68. The zero-order valence-corrected chi connectivity index (χ0v) is 11.2. The molecule has 0 fully saturated rings. The van der Waals surface area contributed by atoms with Crippen LogP contribution in [0.2, 0.25) is 0 Å². The highest BCUT2D eigenvalue weighted by Gasteiger charge is 2.44. The SMILES string of the molecule is O=C1OC(=O)c2c(O)c(O)c3c4c(c(O)c(O)c1c24)C(=O)OC3=O. The first-order chi connectivity index (χ1) is 11.3. The number of phenolic OH excluding ortho intramolecular Hbond substituents is 4. The number of rotatable bonds is 0. The molecule has 2 heterocycles. The number of hydrogen-bond acceptors (Lipinski definition) is 10. The van der Waals surface area contributed by atoms with Gasteiger partial charge in [-0.15, -0.1) is 0 Å². The van der Waals surface area contributed by atoms with Crippen molar-refractivity contribution < 1.29 is 49.1 Å². The van der Waals surface area contributed by atoms with Crippen molar-refractivity contribution in [1.29, 1.82) is 0 Å². The lowest BCUT2D eigenvalue weighted by Crippen LogP contribution is -2.25. The van der Waals surface area contributed by atoms with E-state index in [2.05, 4.69) is 9.47 Å². The molecule has 2 aromatic carbocycles. The van der Waals surface area contributed by atoms with Gasteiger partial charge in [0.1, 0.15) is 22.3 Å². The lowest BCUT2D eigenvalue weighted by Gasteiger charge is -2.24. The third kappa shape index (κ3) is 1.30. The Kier molecular flexibility index (Phi) is 2.26. The molecule has 4 rings (SSSR count). The van der Waals surface area contributed by atoms with Gasteiger partial charge in [-0.1, -0.05) is 0 Å². The molecule has 0 bridgehead atoms. The molecular formula is C14H4O10. The first kappa shape index (κ1) is 13.8. The van der Waals surface area contributed by atoms with Crippen LogP contribution >= 0.6 is 0 Å². The predicted molar refractivity (Wildman–Crippen MR) is 70.1 cm³/mol. The minimum Gasteiger partial charge on any atom is -0.504 e. The van der Waals surface area contributed by atoms with Gasteiger partial charge in [-0.3, -0.25) is 0 Å². The van der Waals surface area contributed by atoms with Crippen LogP contribution < -0.4 is 0 Å². The Hall–Kier alpha value is -3.82. The molecule has 0 saturated carbocycles. The summed E-state index contributed by atoms with van der Waals surface area (Å²) in [6.45, 7) is 0. The Balaban J connectivity index is 2.45. The number of aromatic hydroxyl groups is 4. The third-order valence-electron chi connectivity index (χ3n) is 3.83. The van der Waals surface area contributed by atoms with Gasteiger partial charge in [0.25, 0.3) is 0 Å². The average molecular weight is 332 g/mol. The monoisotopic (exact) mass is 332 g/mol. The van der Waals surface area contributed by atoms with Crippen molar-refractivity contribution in [2.75, 3.05) is 0 Å². The number of carbonyl (C=O) groups is 4. The summed E-state index contributed by atoms with van der Waals surface area (Å²) in [5.74, 6) is -9.86. The molecular weight excluding hydrogens is 328 g/mol. The smallest absolute Gasteiger partial charge is 0.350 e. The minimum atomic E-state index is -1.37. The Morgan fingerprint density at radius 1 is 0.458 bits per heavy atom. The van der Waals surface area contributed by atoms with Crippen molar-refractivity contribution in [3.8, 4) is 23.0 Å². The summed E-state index contributed by atoms with van der Waals surface area (Å²) in [7, 11) is 0. The van der Waals surface area contributed by atoms with E-state index in [1.165, 1.54) is 0 Å². The molecule has 10 heteroatoms. The van der Waals surface area contributed by atoms with Crippen LogP contribution in [0.15, 0.2) is 0 Å². The zero-order chi connectivity index (χ0) is 17.5. The van der Waals surface area contributed by atoms with Gasteiger partial charge in [-0.2, -0.15) is 0 Å². The van der Waals surface area contributed by atoms with E-state index in [0.29, 0.717) is 0 Å². The largest absolute Gasteiger partial charge is 0.504 e. The van der Waals surface area contributed by atoms with Crippen molar-refractivity contribution >= 4 is 34.6 Å². The van der Waals surface area contributed by atoms with E-state index in [4.69, 9.17) is 0 Å². The number of ether oxygens (including phenoxy) is 2. The van der Waals surface area contributed by atoms with E-state index in [1.54, 1.807) is 0 Å². The molecule has 2 aliphatic heterocycles. The van der Waals surface area contributed by atoms with Gasteiger partial charge in [0.05, 0.1) is 0 Å². The Bertz CT molecular complexity index is 899. The highest BCUT2D eigenvalue weighted by atomic mass is 16.6. The second-order valence-electron chi connectivity index (χ2n) is 5.00. The van der Waals surface area contributed by atoms with Gasteiger partial charge in [0.2, 0.25) is 0 Å². The van der Waals surface area contributed by atoms with E-state index < -0.39 is 79.9 Å². The highest BCUT2D eigenvalue weighted by molar-refractivity contribution is 6.33. The lowest BCUT2D eigenvalue weighted by molar-refractivity contribution is 0.0357. The normalized spacial score (nSPS) is 15.5.